The third kappa shape index (κ3) is 1.50. The van der Waals surface area contributed by atoms with Crippen molar-refractivity contribution in [2.24, 2.45) is 7.05 Å². The molecule has 74 valence electrons. The second-order valence-corrected chi connectivity index (χ2v) is 3.96. The Balaban J connectivity index is 3.36. The van der Waals surface area contributed by atoms with E-state index in [9.17, 15) is 0 Å². The van der Waals surface area contributed by atoms with Gasteiger partial charge in [0.25, 0.3) is 0 Å². The standard InChI is InChI=1S/C11H21N2/c1-7-11-9(4)12(6)13(8(2)3)10(11)5/h8H,7H2,1-6H3/q+1. The number of aromatic nitrogens is 2. The van der Waals surface area contributed by atoms with Gasteiger partial charge in [0.2, 0.25) is 5.69 Å². The van der Waals surface area contributed by atoms with E-state index in [0.29, 0.717) is 6.04 Å². The van der Waals surface area contributed by atoms with Crippen molar-refractivity contribution in [3.8, 4) is 0 Å². The lowest BCUT2D eigenvalue weighted by molar-refractivity contribution is -0.761. The van der Waals surface area contributed by atoms with E-state index < -0.39 is 0 Å². The van der Waals surface area contributed by atoms with Crippen LogP contribution in [0.2, 0.25) is 0 Å². The first-order valence-electron chi connectivity index (χ1n) is 5.07. The molecule has 0 bridgehead atoms. The Morgan fingerprint density at radius 3 is 2.08 bits per heavy atom. The van der Waals surface area contributed by atoms with Crippen LogP contribution in [0.25, 0.3) is 0 Å². The molecular weight excluding hydrogens is 160 g/mol. The van der Waals surface area contributed by atoms with E-state index in [0.717, 1.165) is 6.42 Å². The lowest BCUT2D eigenvalue weighted by atomic mass is 10.1. The second-order valence-electron chi connectivity index (χ2n) is 3.96. The molecule has 0 saturated carbocycles. The van der Waals surface area contributed by atoms with Crippen LogP contribution in [-0.2, 0) is 13.5 Å². The van der Waals surface area contributed by atoms with Gasteiger partial charge >= 0.3 is 0 Å². The molecule has 0 atom stereocenters. The highest BCUT2D eigenvalue weighted by Crippen LogP contribution is 2.15. The molecule has 2 heteroatoms. The smallest absolute Gasteiger partial charge is 0.155 e. The largest absolute Gasteiger partial charge is 0.208 e. The molecule has 1 rings (SSSR count). The summed E-state index contributed by atoms with van der Waals surface area (Å²) >= 11 is 0. The molecule has 0 fully saturated rings. The van der Waals surface area contributed by atoms with Crippen LogP contribution in [-0.4, -0.2) is 4.68 Å². The summed E-state index contributed by atoms with van der Waals surface area (Å²) in [5.41, 5.74) is 4.31. The fraction of sp³-hybridized carbons (Fsp3) is 0.727. The highest BCUT2D eigenvalue weighted by molar-refractivity contribution is 5.20. The van der Waals surface area contributed by atoms with E-state index in [1.54, 1.807) is 0 Å². The summed E-state index contributed by atoms with van der Waals surface area (Å²) in [4.78, 5) is 0. The Morgan fingerprint density at radius 2 is 1.85 bits per heavy atom. The van der Waals surface area contributed by atoms with E-state index in [1.807, 2.05) is 0 Å². The Hall–Kier alpha value is -0.790. The minimum Gasteiger partial charge on any atom is -0.155 e. The first-order chi connectivity index (χ1) is 6.00. The third-order valence-corrected chi connectivity index (χ3v) is 2.87. The minimum absolute atomic E-state index is 0.545. The van der Waals surface area contributed by atoms with Gasteiger partial charge < -0.3 is 0 Å². The zero-order valence-corrected chi connectivity index (χ0v) is 9.68. The molecule has 0 N–H and O–H groups in total. The monoisotopic (exact) mass is 181 g/mol. The highest BCUT2D eigenvalue weighted by atomic mass is 15.4. The molecule has 13 heavy (non-hydrogen) atoms. The molecule has 0 aromatic carbocycles. The molecule has 0 aliphatic heterocycles. The molecule has 1 aromatic rings. The predicted octanol–water partition coefficient (Wildman–Crippen LogP) is 2.07. The SMILES string of the molecule is CCc1c(C)n(C(C)C)[n+](C)c1C. The first-order valence-corrected chi connectivity index (χ1v) is 5.07. The molecular formula is C11H21N2+. The second kappa shape index (κ2) is 3.52. The summed E-state index contributed by atoms with van der Waals surface area (Å²) in [6.45, 7) is 11.1. The predicted molar refractivity (Wildman–Crippen MR) is 54.8 cm³/mol. The highest BCUT2D eigenvalue weighted by Gasteiger charge is 2.21. The van der Waals surface area contributed by atoms with Crippen LogP contribution in [0.4, 0.5) is 0 Å². The zero-order chi connectivity index (χ0) is 10.2. The van der Waals surface area contributed by atoms with Gasteiger partial charge in [-0.1, -0.05) is 6.92 Å². The Bertz CT molecular complexity index is 308. The molecule has 1 heterocycles. The maximum absolute atomic E-state index is 2.36. The minimum atomic E-state index is 0.545. The van der Waals surface area contributed by atoms with Crippen molar-refractivity contribution >= 4 is 0 Å². The summed E-state index contributed by atoms with van der Waals surface area (Å²) in [5.74, 6) is 0. The number of nitrogens with zero attached hydrogens (tertiary/aromatic N) is 2. The first kappa shape index (κ1) is 10.3. The zero-order valence-electron chi connectivity index (χ0n) is 9.68. The summed E-state index contributed by atoms with van der Waals surface area (Å²) in [5, 5.41) is 0. The summed E-state index contributed by atoms with van der Waals surface area (Å²) in [7, 11) is 2.14. The van der Waals surface area contributed by atoms with Gasteiger partial charge in [0.15, 0.2) is 7.05 Å². The van der Waals surface area contributed by atoms with Crippen molar-refractivity contribution in [2.75, 3.05) is 0 Å². The lowest BCUT2D eigenvalue weighted by Gasteiger charge is -2.06. The van der Waals surface area contributed by atoms with Crippen LogP contribution >= 0.6 is 0 Å². The van der Waals surface area contributed by atoms with E-state index >= 15 is 0 Å². The van der Waals surface area contributed by atoms with Crippen LogP contribution in [0, 0.1) is 13.8 Å². The average molecular weight is 181 g/mol. The summed E-state index contributed by atoms with van der Waals surface area (Å²) < 4.78 is 4.62. The Kier molecular flexibility index (Phi) is 2.79. The van der Waals surface area contributed by atoms with Gasteiger partial charge in [-0.05, 0) is 27.2 Å². The third-order valence-electron chi connectivity index (χ3n) is 2.87. The topological polar surface area (TPSA) is 8.81 Å². The molecule has 1 aromatic heterocycles. The van der Waals surface area contributed by atoms with Crippen molar-refractivity contribution in [3.05, 3.63) is 17.0 Å². The maximum Gasteiger partial charge on any atom is 0.208 e. The summed E-state index contributed by atoms with van der Waals surface area (Å²) in [6.07, 6.45) is 1.13. The van der Waals surface area contributed by atoms with Gasteiger partial charge in [0.05, 0.1) is 11.7 Å². The number of rotatable bonds is 2. The maximum atomic E-state index is 2.36. The Labute approximate surface area is 81.2 Å². The van der Waals surface area contributed by atoms with E-state index in [-0.39, 0.29) is 0 Å². The summed E-state index contributed by atoms with van der Waals surface area (Å²) in [6, 6.07) is 0.545. The molecule has 0 saturated heterocycles. The van der Waals surface area contributed by atoms with Crippen LogP contribution in [0.15, 0.2) is 0 Å². The van der Waals surface area contributed by atoms with Crippen LogP contribution in [0.1, 0.15) is 43.8 Å². The average Bonchev–Trinajstić information content (AvgIpc) is 2.24. The van der Waals surface area contributed by atoms with Gasteiger partial charge in [-0.15, -0.1) is 4.68 Å². The molecule has 0 aliphatic carbocycles. The molecule has 0 unspecified atom stereocenters. The van der Waals surface area contributed by atoms with Crippen molar-refractivity contribution in [1.82, 2.24) is 4.68 Å². The van der Waals surface area contributed by atoms with E-state index in [4.69, 9.17) is 0 Å². The normalized spacial score (nSPS) is 11.3. The molecule has 0 spiro atoms. The van der Waals surface area contributed by atoms with Gasteiger partial charge in [-0.3, -0.25) is 0 Å². The van der Waals surface area contributed by atoms with E-state index in [1.165, 1.54) is 17.0 Å². The molecule has 2 nitrogen and oxygen atoms in total. The van der Waals surface area contributed by atoms with Crippen molar-refractivity contribution < 1.29 is 4.68 Å². The quantitative estimate of drug-likeness (QED) is 0.618. The fourth-order valence-electron chi connectivity index (χ4n) is 2.23. The van der Waals surface area contributed by atoms with E-state index in [2.05, 4.69) is 51.0 Å². The fourth-order valence-corrected chi connectivity index (χ4v) is 2.23. The Morgan fingerprint density at radius 1 is 1.31 bits per heavy atom. The van der Waals surface area contributed by atoms with Crippen LogP contribution in [0.5, 0.6) is 0 Å². The van der Waals surface area contributed by atoms with Crippen LogP contribution in [0.3, 0.4) is 0 Å². The molecule has 0 aliphatic rings. The number of hydrogen-bond acceptors (Lipinski definition) is 0. The molecule has 0 radical (unpaired) electrons. The van der Waals surface area contributed by atoms with Crippen molar-refractivity contribution in [3.63, 3.8) is 0 Å². The number of hydrogen-bond donors (Lipinski definition) is 0. The van der Waals surface area contributed by atoms with Crippen LogP contribution < -0.4 is 4.68 Å². The van der Waals surface area contributed by atoms with Crippen molar-refractivity contribution in [1.29, 1.82) is 0 Å². The van der Waals surface area contributed by atoms with Gasteiger partial charge in [-0.2, -0.15) is 4.68 Å². The van der Waals surface area contributed by atoms with Crippen molar-refractivity contribution in [2.45, 2.75) is 47.1 Å². The van der Waals surface area contributed by atoms with Gasteiger partial charge in [0.1, 0.15) is 0 Å². The molecule has 0 amide bonds. The van der Waals surface area contributed by atoms with Gasteiger partial charge in [-0.25, -0.2) is 0 Å². The lowest BCUT2D eigenvalue weighted by Crippen LogP contribution is -2.42. The van der Waals surface area contributed by atoms with Gasteiger partial charge in [0, 0.05) is 12.5 Å².